The number of sulfonamides is 1. The maximum atomic E-state index is 14.5. The first-order chi connectivity index (χ1) is 25.7. The van der Waals surface area contributed by atoms with E-state index in [1.165, 1.54) is 29.2 Å². The molecule has 1 saturated heterocycles. The van der Waals surface area contributed by atoms with Crippen LogP contribution in [0.1, 0.15) is 93.6 Å². The minimum absolute atomic E-state index is 0.0276. The second-order valence-electron chi connectivity index (χ2n) is 15.0. The summed E-state index contributed by atoms with van der Waals surface area (Å²) in [6.07, 6.45) is 7.39. The third kappa shape index (κ3) is 7.42. The number of fused-ring (bicyclic) bond motifs is 3. The number of carbonyl (C=O) groups excluding carboxylic acids is 4. The summed E-state index contributed by atoms with van der Waals surface area (Å²) in [5.41, 5.74) is 0.171. The van der Waals surface area contributed by atoms with Crippen molar-refractivity contribution in [1.29, 1.82) is 0 Å². The van der Waals surface area contributed by atoms with Gasteiger partial charge in [0.25, 0.3) is 11.8 Å². The average Bonchev–Trinajstić information content (AvgIpc) is 3.93. The van der Waals surface area contributed by atoms with Crippen LogP contribution in [0.25, 0.3) is 11.0 Å². The van der Waals surface area contributed by atoms with Crippen LogP contribution in [0.15, 0.2) is 40.9 Å². The molecule has 0 unspecified atom stereocenters. The van der Waals surface area contributed by atoms with E-state index in [2.05, 4.69) is 30.5 Å². The minimum Gasteiger partial charge on any atom is -0.471 e. The smallest absolute Gasteiger partial charge is 0.290 e. The van der Waals surface area contributed by atoms with Gasteiger partial charge < -0.3 is 24.8 Å². The van der Waals surface area contributed by atoms with Crippen LogP contribution in [-0.2, 0) is 30.8 Å². The number of hydrogen-bond acceptors (Lipinski definition) is 11. The van der Waals surface area contributed by atoms with E-state index in [1.807, 2.05) is 19.1 Å². The zero-order chi connectivity index (χ0) is 38.4. The van der Waals surface area contributed by atoms with Crippen molar-refractivity contribution in [2.75, 3.05) is 6.54 Å². The summed E-state index contributed by atoms with van der Waals surface area (Å²) in [5, 5.41) is 9.40. The molecular formula is C37H44FN7O8S. The van der Waals surface area contributed by atoms with Crippen LogP contribution in [0.4, 0.5) is 4.39 Å². The van der Waals surface area contributed by atoms with Gasteiger partial charge in [0, 0.05) is 24.5 Å². The summed E-state index contributed by atoms with van der Waals surface area (Å²) < 4.78 is 53.0. The highest BCUT2D eigenvalue weighted by Crippen LogP contribution is 2.47. The molecular weight excluding hydrogens is 722 g/mol. The number of aromatic nitrogens is 3. The van der Waals surface area contributed by atoms with E-state index in [9.17, 15) is 32.0 Å². The van der Waals surface area contributed by atoms with Crippen LogP contribution in [0.5, 0.6) is 5.88 Å². The predicted octanol–water partition coefficient (Wildman–Crippen LogP) is 3.17. The minimum atomic E-state index is -4.01. The molecule has 4 amide bonds. The molecule has 3 aromatic rings. The maximum Gasteiger partial charge on any atom is 0.290 e. The number of ether oxygens (including phenoxy) is 1. The van der Waals surface area contributed by atoms with Gasteiger partial charge in [-0.15, -0.1) is 0 Å². The van der Waals surface area contributed by atoms with Crippen molar-refractivity contribution in [3.8, 4) is 5.88 Å². The van der Waals surface area contributed by atoms with Crippen molar-refractivity contribution in [1.82, 2.24) is 35.4 Å². The highest BCUT2D eigenvalue weighted by Gasteiger charge is 2.63. The number of nitrogens with one attached hydrogen (secondary N) is 3. The maximum absolute atomic E-state index is 14.5. The lowest BCUT2D eigenvalue weighted by Crippen LogP contribution is -2.58. The number of rotatable bonds is 8. The summed E-state index contributed by atoms with van der Waals surface area (Å²) in [7, 11) is -4.01. The molecule has 2 saturated carbocycles. The number of halogens is 1. The number of aryl methyl sites for hydroxylation is 2. The summed E-state index contributed by atoms with van der Waals surface area (Å²) in [4.78, 5) is 66.4. The predicted molar refractivity (Wildman–Crippen MR) is 192 cm³/mol. The van der Waals surface area contributed by atoms with Crippen molar-refractivity contribution < 1.29 is 41.2 Å². The normalized spacial score (nSPS) is 26.9. The second-order valence-corrected chi connectivity index (χ2v) is 17.2. The molecule has 4 heterocycles. The summed E-state index contributed by atoms with van der Waals surface area (Å²) >= 11 is 0. The zero-order valence-electron chi connectivity index (χ0n) is 30.4. The molecule has 3 fully saturated rings. The van der Waals surface area contributed by atoms with Gasteiger partial charge in [-0.2, -0.15) is 0 Å². The Morgan fingerprint density at radius 1 is 1.13 bits per heavy atom. The van der Waals surface area contributed by atoms with Gasteiger partial charge in [0.05, 0.1) is 28.0 Å². The van der Waals surface area contributed by atoms with E-state index in [0.717, 1.165) is 12.8 Å². The quantitative estimate of drug-likeness (QED) is 0.284. The average molecular weight is 766 g/mol. The summed E-state index contributed by atoms with van der Waals surface area (Å²) in [6.45, 7) is 5.00. The van der Waals surface area contributed by atoms with E-state index in [4.69, 9.17) is 9.26 Å². The topological polar surface area (TPSA) is 203 Å². The molecule has 54 heavy (non-hydrogen) atoms. The molecule has 17 heteroatoms. The van der Waals surface area contributed by atoms with Crippen molar-refractivity contribution in [2.24, 2.45) is 5.92 Å². The summed E-state index contributed by atoms with van der Waals surface area (Å²) in [6, 6.07) is 3.27. The Balaban J connectivity index is 1.21. The monoisotopic (exact) mass is 765 g/mol. The molecule has 288 valence electrons. The Hall–Kier alpha value is -4.93. The number of nitrogens with zero attached hydrogens (tertiary/aromatic N) is 4. The molecule has 2 aliphatic carbocycles. The fraction of sp³-hybridized carbons (Fsp3) is 0.541. The van der Waals surface area contributed by atoms with Gasteiger partial charge in [0.15, 0.2) is 0 Å². The van der Waals surface area contributed by atoms with Crippen LogP contribution in [0.3, 0.4) is 0 Å². The van der Waals surface area contributed by atoms with Gasteiger partial charge in [0.2, 0.25) is 33.5 Å². The van der Waals surface area contributed by atoms with E-state index >= 15 is 0 Å². The highest BCUT2D eigenvalue weighted by atomic mass is 32.2. The molecule has 2 aliphatic heterocycles. The van der Waals surface area contributed by atoms with Crippen molar-refractivity contribution in [2.45, 2.75) is 113 Å². The fourth-order valence-corrected chi connectivity index (χ4v) is 8.49. The zero-order valence-corrected chi connectivity index (χ0v) is 31.2. The largest absolute Gasteiger partial charge is 0.471 e. The van der Waals surface area contributed by atoms with Crippen LogP contribution in [0, 0.1) is 18.7 Å². The standard InChI is InChI=1S/C37H44FN7O8S/c1-4-25-33(41-28-17-23(38)12-13-26(28)39-25)52-24-18-29-31(46)42-37(35(49)44-54(50,51)36(3)14-15-36)19-22(37)10-8-6-5-7-9-11-27(34(48)45(29)20-24)40-32(47)30-16-21(2)43-53-30/h8,10,12-13,16-17,22,24,27,29H,4-7,9,11,14-15,18-20H2,1-3H3,(H,40,47)(H,42,46)(H,44,49)/t22-,24-,27+,29+,37-/m1/s1. The Labute approximate surface area is 311 Å². The van der Waals surface area contributed by atoms with Gasteiger partial charge in [-0.25, -0.2) is 22.8 Å². The van der Waals surface area contributed by atoms with Crippen molar-refractivity contribution in [3.63, 3.8) is 0 Å². The molecule has 7 rings (SSSR count). The molecule has 3 N–H and O–H groups in total. The van der Waals surface area contributed by atoms with Gasteiger partial charge in [-0.05, 0) is 70.9 Å². The van der Waals surface area contributed by atoms with Gasteiger partial charge in [-0.1, -0.05) is 37.1 Å². The number of allylic oxidation sites excluding steroid dienone is 1. The van der Waals surface area contributed by atoms with Gasteiger partial charge >= 0.3 is 0 Å². The molecule has 0 spiro atoms. The van der Waals surface area contributed by atoms with Gasteiger partial charge in [-0.3, -0.25) is 23.9 Å². The van der Waals surface area contributed by atoms with Crippen LogP contribution >= 0.6 is 0 Å². The first-order valence-corrected chi connectivity index (χ1v) is 19.9. The fourth-order valence-electron chi connectivity index (χ4n) is 7.18. The molecule has 2 aromatic heterocycles. The Morgan fingerprint density at radius 3 is 2.65 bits per heavy atom. The second kappa shape index (κ2) is 14.4. The number of amides is 4. The third-order valence-electron chi connectivity index (χ3n) is 10.9. The van der Waals surface area contributed by atoms with Crippen molar-refractivity contribution >= 4 is 44.7 Å². The lowest BCUT2D eigenvalue weighted by Gasteiger charge is -2.29. The Kier molecular flexibility index (Phi) is 9.95. The molecule has 5 atom stereocenters. The van der Waals surface area contributed by atoms with Gasteiger partial charge in [0.1, 0.15) is 35.2 Å². The molecule has 1 aromatic carbocycles. The Morgan fingerprint density at radius 2 is 1.93 bits per heavy atom. The first kappa shape index (κ1) is 37.4. The van der Waals surface area contributed by atoms with E-state index in [0.29, 0.717) is 49.0 Å². The molecule has 0 bridgehead atoms. The lowest BCUT2D eigenvalue weighted by atomic mass is 10.0. The molecule has 4 aliphatic rings. The summed E-state index contributed by atoms with van der Waals surface area (Å²) in [5.74, 6) is -3.60. The van der Waals surface area contributed by atoms with E-state index < -0.39 is 73.9 Å². The van der Waals surface area contributed by atoms with E-state index in [1.54, 1.807) is 13.8 Å². The third-order valence-corrected chi connectivity index (χ3v) is 13.1. The van der Waals surface area contributed by atoms with Crippen LogP contribution in [-0.4, -0.2) is 87.1 Å². The molecule has 0 radical (unpaired) electrons. The van der Waals surface area contributed by atoms with Crippen LogP contribution < -0.4 is 20.1 Å². The number of carbonyl (C=O) groups is 4. The first-order valence-electron chi connectivity index (χ1n) is 18.4. The highest BCUT2D eigenvalue weighted by molar-refractivity contribution is 7.91. The lowest BCUT2D eigenvalue weighted by molar-refractivity contribution is -0.141. The van der Waals surface area contributed by atoms with E-state index in [-0.39, 0.29) is 43.0 Å². The Bertz CT molecular complexity index is 2140. The van der Waals surface area contributed by atoms with Crippen molar-refractivity contribution in [3.05, 3.63) is 59.4 Å². The number of hydrogen-bond donors (Lipinski definition) is 3. The SMILES string of the molecule is CCc1nc2ccc(F)cc2nc1O[C@@H]1C[C@H]2C(=O)N[C@]3(C(=O)NS(=O)(=O)C4(C)CC4)C[C@H]3C=CCCCCC[C@H](NC(=O)c3cc(C)no3)C(=O)N2C1. The number of benzene rings is 1. The van der Waals surface area contributed by atoms with Crippen LogP contribution in [0.2, 0.25) is 0 Å². The molecule has 15 nitrogen and oxygen atoms in total.